The van der Waals surface area contributed by atoms with Crippen molar-refractivity contribution >= 4 is 5.97 Å². The Morgan fingerprint density at radius 2 is 1.84 bits per heavy atom. The van der Waals surface area contributed by atoms with Crippen LogP contribution in [0.3, 0.4) is 0 Å². The van der Waals surface area contributed by atoms with Gasteiger partial charge in [-0.05, 0) is 45.1 Å². The van der Waals surface area contributed by atoms with Crippen LogP contribution in [-0.4, -0.2) is 12.1 Å². The molecule has 3 unspecified atom stereocenters. The van der Waals surface area contributed by atoms with Crippen LogP contribution in [0.4, 0.5) is 0 Å². The second-order valence-corrected chi connectivity index (χ2v) is 6.34. The minimum atomic E-state index is -0.554. The summed E-state index contributed by atoms with van der Waals surface area (Å²) < 4.78 is 5.40. The van der Waals surface area contributed by atoms with Crippen LogP contribution in [0.25, 0.3) is 0 Å². The fourth-order valence-corrected chi connectivity index (χ4v) is 2.42. The minimum absolute atomic E-state index is 0.0293. The molecule has 0 aromatic heterocycles. The first-order valence-corrected chi connectivity index (χ1v) is 6.66. The Bertz CT molecular complexity index is 452. The van der Waals surface area contributed by atoms with Crippen molar-refractivity contribution in [3.05, 3.63) is 23.3 Å². The van der Waals surface area contributed by atoms with Crippen molar-refractivity contribution in [3.63, 3.8) is 0 Å². The molecule has 3 atom stereocenters. The molecule has 0 amide bonds. The number of ether oxygens (including phenoxy) is 1. The molecule has 1 saturated carbocycles. The van der Waals surface area contributed by atoms with E-state index in [0.717, 1.165) is 5.57 Å². The van der Waals surface area contributed by atoms with E-state index < -0.39 is 6.10 Å². The number of carbonyl (C=O) groups excluding carboxylic acids is 1. The number of hydrogen-bond donors (Lipinski definition) is 0. The van der Waals surface area contributed by atoms with Crippen LogP contribution in [0, 0.1) is 29.6 Å². The third kappa shape index (κ3) is 3.73. The number of carbonyl (C=O) groups is 1. The zero-order valence-corrected chi connectivity index (χ0v) is 12.8. The molecule has 1 fully saturated rings. The molecule has 0 spiro atoms. The predicted octanol–water partition coefficient (Wildman–Crippen LogP) is 3.74. The number of terminal acetylenes is 1. The lowest BCUT2D eigenvalue weighted by molar-refractivity contribution is -0.147. The van der Waals surface area contributed by atoms with E-state index in [1.54, 1.807) is 6.08 Å². The summed E-state index contributed by atoms with van der Waals surface area (Å²) >= 11 is 0. The Kier molecular flexibility index (Phi) is 4.63. The SMILES string of the molecule is C#CC(C=C(C)C)OC(=O)C1C(C=C(C)C)C1(C)C. The van der Waals surface area contributed by atoms with Gasteiger partial charge in [-0.25, -0.2) is 0 Å². The third-order valence-electron chi connectivity index (χ3n) is 3.57. The largest absolute Gasteiger partial charge is 0.445 e. The monoisotopic (exact) mass is 260 g/mol. The first kappa shape index (κ1) is 15.6. The summed E-state index contributed by atoms with van der Waals surface area (Å²) in [6.07, 6.45) is 8.78. The number of allylic oxidation sites excluding steroid dienone is 3. The average Bonchev–Trinajstić information content (AvgIpc) is 2.77. The Labute approximate surface area is 116 Å². The van der Waals surface area contributed by atoms with Crippen LogP contribution in [0.5, 0.6) is 0 Å². The molecule has 0 bridgehead atoms. The molecule has 0 radical (unpaired) electrons. The summed E-state index contributed by atoms with van der Waals surface area (Å²) in [5, 5.41) is 0. The zero-order valence-electron chi connectivity index (χ0n) is 12.8. The summed E-state index contributed by atoms with van der Waals surface area (Å²) in [6.45, 7) is 12.1. The summed E-state index contributed by atoms with van der Waals surface area (Å²) in [5.41, 5.74) is 2.25. The van der Waals surface area contributed by atoms with Gasteiger partial charge in [-0.2, -0.15) is 0 Å². The standard InChI is InChI=1S/C17H24O2/c1-8-13(9-11(2)3)19-16(18)15-14(10-12(4)5)17(15,6)7/h1,9-10,13-15H,2-7H3. The minimum Gasteiger partial charge on any atom is -0.445 e. The smallest absolute Gasteiger partial charge is 0.311 e. The van der Waals surface area contributed by atoms with Gasteiger partial charge in [-0.15, -0.1) is 6.42 Å². The summed E-state index contributed by atoms with van der Waals surface area (Å²) in [6, 6.07) is 0. The molecule has 0 aromatic carbocycles. The van der Waals surface area contributed by atoms with Gasteiger partial charge < -0.3 is 4.74 Å². The van der Waals surface area contributed by atoms with Gasteiger partial charge in [0.1, 0.15) is 0 Å². The molecule has 2 nitrogen and oxygen atoms in total. The van der Waals surface area contributed by atoms with Gasteiger partial charge >= 0.3 is 5.97 Å². The van der Waals surface area contributed by atoms with E-state index in [2.05, 4.69) is 25.8 Å². The predicted molar refractivity (Wildman–Crippen MR) is 78.3 cm³/mol. The Hall–Kier alpha value is -1.49. The van der Waals surface area contributed by atoms with Gasteiger partial charge in [-0.3, -0.25) is 4.79 Å². The van der Waals surface area contributed by atoms with Gasteiger partial charge in [-0.1, -0.05) is 37.0 Å². The summed E-state index contributed by atoms with van der Waals surface area (Å²) in [7, 11) is 0. The molecule has 1 rings (SSSR count). The topological polar surface area (TPSA) is 26.3 Å². The highest BCUT2D eigenvalue weighted by Crippen LogP contribution is 2.59. The molecule has 2 heteroatoms. The van der Waals surface area contributed by atoms with Crippen LogP contribution in [0.2, 0.25) is 0 Å². The van der Waals surface area contributed by atoms with E-state index in [0.29, 0.717) is 0 Å². The lowest BCUT2D eigenvalue weighted by atomic mass is 10.1. The van der Waals surface area contributed by atoms with Crippen molar-refractivity contribution in [2.75, 3.05) is 0 Å². The number of hydrogen-bond acceptors (Lipinski definition) is 2. The fourth-order valence-electron chi connectivity index (χ4n) is 2.42. The van der Waals surface area contributed by atoms with Crippen LogP contribution >= 0.6 is 0 Å². The van der Waals surface area contributed by atoms with E-state index in [1.165, 1.54) is 5.57 Å². The third-order valence-corrected chi connectivity index (χ3v) is 3.57. The molecule has 19 heavy (non-hydrogen) atoms. The van der Waals surface area contributed by atoms with Crippen LogP contribution in [0.1, 0.15) is 41.5 Å². The van der Waals surface area contributed by atoms with E-state index in [-0.39, 0.29) is 23.2 Å². The maximum atomic E-state index is 12.2. The molecule has 0 heterocycles. The second kappa shape index (κ2) is 5.65. The maximum Gasteiger partial charge on any atom is 0.311 e. The van der Waals surface area contributed by atoms with E-state index >= 15 is 0 Å². The highest BCUT2D eigenvalue weighted by molar-refractivity contribution is 5.78. The van der Waals surface area contributed by atoms with Gasteiger partial charge in [0.2, 0.25) is 0 Å². The molecular weight excluding hydrogens is 236 g/mol. The Morgan fingerprint density at radius 1 is 1.26 bits per heavy atom. The normalized spacial score (nSPS) is 24.7. The van der Waals surface area contributed by atoms with E-state index in [9.17, 15) is 4.79 Å². The van der Waals surface area contributed by atoms with Gasteiger partial charge in [0.05, 0.1) is 5.92 Å². The number of esters is 1. The zero-order chi connectivity index (χ0) is 14.8. The summed E-state index contributed by atoms with van der Waals surface area (Å²) in [5.74, 6) is 2.49. The second-order valence-electron chi connectivity index (χ2n) is 6.34. The average molecular weight is 260 g/mol. The highest BCUT2D eigenvalue weighted by Gasteiger charge is 2.61. The molecule has 0 aliphatic heterocycles. The maximum absolute atomic E-state index is 12.2. The van der Waals surface area contributed by atoms with Crippen LogP contribution in [-0.2, 0) is 9.53 Å². The molecule has 0 aromatic rings. The van der Waals surface area contributed by atoms with Crippen molar-refractivity contribution in [1.82, 2.24) is 0 Å². The molecule has 1 aliphatic carbocycles. The van der Waals surface area contributed by atoms with Gasteiger partial charge in [0, 0.05) is 0 Å². The van der Waals surface area contributed by atoms with Crippen molar-refractivity contribution in [2.45, 2.75) is 47.6 Å². The van der Waals surface area contributed by atoms with Gasteiger partial charge in [0.15, 0.2) is 6.10 Å². The lowest BCUT2D eigenvalue weighted by Gasteiger charge is -2.09. The van der Waals surface area contributed by atoms with E-state index in [1.807, 2.05) is 27.7 Å². The molecular formula is C17H24O2. The molecule has 0 saturated heterocycles. The van der Waals surface area contributed by atoms with Crippen LogP contribution in [0.15, 0.2) is 23.3 Å². The summed E-state index contributed by atoms with van der Waals surface area (Å²) in [4.78, 5) is 12.2. The Morgan fingerprint density at radius 3 is 2.26 bits per heavy atom. The van der Waals surface area contributed by atoms with Crippen molar-refractivity contribution < 1.29 is 9.53 Å². The van der Waals surface area contributed by atoms with Crippen LogP contribution < -0.4 is 0 Å². The molecule has 1 aliphatic rings. The first-order chi connectivity index (χ1) is 8.70. The van der Waals surface area contributed by atoms with E-state index in [4.69, 9.17) is 11.2 Å². The molecule has 104 valence electrons. The number of rotatable bonds is 4. The quantitative estimate of drug-likeness (QED) is 0.437. The first-order valence-electron chi connectivity index (χ1n) is 6.66. The van der Waals surface area contributed by atoms with Crippen molar-refractivity contribution in [1.29, 1.82) is 0 Å². The van der Waals surface area contributed by atoms with Gasteiger partial charge in [0.25, 0.3) is 0 Å². The van der Waals surface area contributed by atoms with Crippen molar-refractivity contribution in [2.24, 2.45) is 17.3 Å². The molecule has 0 N–H and O–H groups in total. The Balaban J connectivity index is 2.73. The lowest BCUT2D eigenvalue weighted by Crippen LogP contribution is -2.18. The fraction of sp³-hybridized carbons (Fsp3) is 0.588. The highest BCUT2D eigenvalue weighted by atomic mass is 16.5. The van der Waals surface area contributed by atoms with Crippen molar-refractivity contribution in [3.8, 4) is 12.3 Å².